The van der Waals surface area contributed by atoms with E-state index in [0.29, 0.717) is 18.7 Å². The fourth-order valence-corrected chi connectivity index (χ4v) is 4.13. The van der Waals surface area contributed by atoms with Gasteiger partial charge in [-0.2, -0.15) is 0 Å². The molecule has 0 radical (unpaired) electrons. The van der Waals surface area contributed by atoms with Crippen molar-refractivity contribution < 1.29 is 14.4 Å². The van der Waals surface area contributed by atoms with Gasteiger partial charge in [-0.1, -0.05) is 37.5 Å². The fraction of sp³-hybridized carbons (Fsp3) is 0.400. The maximum atomic E-state index is 12.9. The van der Waals surface area contributed by atoms with Crippen LogP contribution in [-0.4, -0.2) is 51.8 Å². The highest BCUT2D eigenvalue weighted by atomic mass is 16.2. The van der Waals surface area contributed by atoms with Crippen molar-refractivity contribution in [1.82, 2.24) is 14.8 Å². The van der Waals surface area contributed by atoms with Crippen molar-refractivity contribution >= 4 is 34.6 Å². The van der Waals surface area contributed by atoms with E-state index < -0.39 is 17.5 Å². The van der Waals surface area contributed by atoms with Crippen LogP contribution >= 0.6 is 0 Å². The molecule has 27 heavy (non-hydrogen) atoms. The molecule has 4 amide bonds. The highest BCUT2D eigenvalue weighted by molar-refractivity contribution is 6.10. The number of carbonyl (C=O) groups is 3. The van der Waals surface area contributed by atoms with Gasteiger partial charge in [0.15, 0.2) is 0 Å². The molecule has 1 aromatic carbocycles. The number of rotatable bonds is 3. The number of pyridine rings is 1. The molecule has 1 spiro atoms. The summed E-state index contributed by atoms with van der Waals surface area (Å²) in [7, 11) is 1.66. The van der Waals surface area contributed by atoms with Gasteiger partial charge in [0.05, 0.1) is 5.52 Å². The van der Waals surface area contributed by atoms with Crippen LogP contribution in [0, 0.1) is 0 Å². The van der Waals surface area contributed by atoms with Gasteiger partial charge in [0.2, 0.25) is 5.91 Å². The molecule has 0 unspecified atom stereocenters. The average molecular weight is 366 g/mol. The summed E-state index contributed by atoms with van der Waals surface area (Å²) in [6, 6.07) is 10.8. The highest BCUT2D eigenvalue weighted by Gasteiger charge is 2.55. The Balaban J connectivity index is 1.48. The standard InChI is InChI=1S/C20H22N4O3/c1-23-19(27)24(18(26)20(23)11-5-2-6-12-20)13-17(25)22-16-10-9-14-7-3-4-8-15(14)21-16/h3-4,7-10H,2,5-6,11-13H2,1H3,(H,21,22,25). The second kappa shape index (κ2) is 6.64. The van der Waals surface area contributed by atoms with E-state index >= 15 is 0 Å². The molecular formula is C20H22N4O3. The third-order valence-electron chi connectivity index (χ3n) is 5.65. The first kappa shape index (κ1) is 17.5. The van der Waals surface area contributed by atoms with E-state index in [-0.39, 0.29) is 12.5 Å². The van der Waals surface area contributed by atoms with E-state index in [2.05, 4.69) is 10.3 Å². The van der Waals surface area contributed by atoms with Crippen LogP contribution in [0.4, 0.5) is 10.6 Å². The summed E-state index contributed by atoms with van der Waals surface area (Å²) in [5.41, 5.74) is 0.00102. The van der Waals surface area contributed by atoms with Gasteiger partial charge < -0.3 is 10.2 Å². The minimum Gasteiger partial charge on any atom is -0.313 e. The fourth-order valence-electron chi connectivity index (χ4n) is 4.13. The van der Waals surface area contributed by atoms with Crippen LogP contribution in [0.5, 0.6) is 0 Å². The van der Waals surface area contributed by atoms with E-state index in [1.807, 2.05) is 30.3 Å². The van der Waals surface area contributed by atoms with Crippen molar-refractivity contribution in [2.75, 3.05) is 18.9 Å². The average Bonchev–Trinajstić information content (AvgIpc) is 2.85. The molecule has 2 fully saturated rings. The van der Waals surface area contributed by atoms with Gasteiger partial charge in [-0.05, 0) is 31.0 Å². The number of nitrogens with zero attached hydrogens (tertiary/aromatic N) is 3. The van der Waals surface area contributed by atoms with Crippen molar-refractivity contribution in [3.8, 4) is 0 Å². The Kier molecular flexibility index (Phi) is 4.30. The smallest absolute Gasteiger partial charge is 0.313 e. The second-order valence-electron chi connectivity index (χ2n) is 7.26. The van der Waals surface area contributed by atoms with Crippen molar-refractivity contribution in [3.05, 3.63) is 36.4 Å². The number of carbonyl (C=O) groups excluding carboxylic acids is 3. The quantitative estimate of drug-likeness (QED) is 0.847. The van der Waals surface area contributed by atoms with Crippen molar-refractivity contribution in [1.29, 1.82) is 0 Å². The van der Waals surface area contributed by atoms with Crippen molar-refractivity contribution in [3.63, 3.8) is 0 Å². The molecule has 0 atom stereocenters. The Morgan fingerprint density at radius 3 is 2.63 bits per heavy atom. The number of anilines is 1. The summed E-state index contributed by atoms with van der Waals surface area (Å²) >= 11 is 0. The minimum absolute atomic E-state index is 0.253. The zero-order valence-corrected chi connectivity index (χ0v) is 15.3. The zero-order chi connectivity index (χ0) is 19.0. The van der Waals surface area contributed by atoms with Crippen LogP contribution in [-0.2, 0) is 9.59 Å². The predicted octanol–water partition coefficient (Wildman–Crippen LogP) is 2.77. The Bertz CT molecular complexity index is 920. The van der Waals surface area contributed by atoms with Crippen LogP contribution in [0.25, 0.3) is 10.9 Å². The summed E-state index contributed by atoms with van der Waals surface area (Å²) < 4.78 is 0. The van der Waals surface area contributed by atoms with Crippen LogP contribution in [0.2, 0.25) is 0 Å². The van der Waals surface area contributed by atoms with Crippen LogP contribution < -0.4 is 5.32 Å². The lowest BCUT2D eigenvalue weighted by Crippen LogP contribution is -2.49. The van der Waals surface area contributed by atoms with E-state index in [0.717, 1.165) is 35.1 Å². The van der Waals surface area contributed by atoms with E-state index in [4.69, 9.17) is 0 Å². The molecule has 2 aliphatic rings. The summed E-state index contributed by atoms with van der Waals surface area (Å²) in [4.78, 5) is 45.0. The van der Waals surface area contributed by atoms with E-state index in [1.54, 1.807) is 13.1 Å². The number of likely N-dealkylation sites (N-methyl/N-ethyl adjacent to an activating group) is 1. The predicted molar refractivity (Wildman–Crippen MR) is 101 cm³/mol. The molecule has 1 aliphatic heterocycles. The molecule has 1 aliphatic carbocycles. The van der Waals surface area contributed by atoms with E-state index in [9.17, 15) is 14.4 Å². The summed E-state index contributed by atoms with van der Waals surface area (Å²) in [6.45, 7) is -0.293. The maximum absolute atomic E-state index is 12.9. The molecule has 1 saturated carbocycles. The Hall–Kier alpha value is -2.96. The van der Waals surface area contributed by atoms with Gasteiger partial charge in [0.1, 0.15) is 17.9 Å². The van der Waals surface area contributed by atoms with Crippen LogP contribution in [0.15, 0.2) is 36.4 Å². The minimum atomic E-state index is -0.767. The first-order valence-corrected chi connectivity index (χ1v) is 9.27. The first-order chi connectivity index (χ1) is 13.0. The number of amides is 4. The van der Waals surface area contributed by atoms with Crippen molar-refractivity contribution in [2.45, 2.75) is 37.6 Å². The number of nitrogens with one attached hydrogen (secondary N) is 1. The Morgan fingerprint density at radius 2 is 1.85 bits per heavy atom. The number of urea groups is 1. The largest absolute Gasteiger partial charge is 0.327 e. The van der Waals surface area contributed by atoms with Crippen molar-refractivity contribution in [2.24, 2.45) is 0 Å². The number of aromatic nitrogens is 1. The monoisotopic (exact) mass is 366 g/mol. The van der Waals surface area contributed by atoms with Crippen LogP contribution in [0.1, 0.15) is 32.1 Å². The molecule has 7 heteroatoms. The second-order valence-corrected chi connectivity index (χ2v) is 7.26. The number of hydrogen-bond acceptors (Lipinski definition) is 4. The lowest BCUT2D eigenvalue weighted by Gasteiger charge is -2.35. The van der Waals surface area contributed by atoms with Crippen LogP contribution in [0.3, 0.4) is 0 Å². The molecule has 4 rings (SSSR count). The molecule has 2 heterocycles. The zero-order valence-electron chi connectivity index (χ0n) is 15.3. The third kappa shape index (κ3) is 2.93. The molecular weight excluding hydrogens is 344 g/mol. The molecule has 0 bridgehead atoms. The van der Waals surface area contributed by atoms with Gasteiger partial charge in [0.25, 0.3) is 5.91 Å². The Labute approximate surface area is 157 Å². The molecule has 2 aromatic rings. The van der Waals surface area contributed by atoms with Gasteiger partial charge in [-0.15, -0.1) is 0 Å². The van der Waals surface area contributed by atoms with E-state index in [1.165, 1.54) is 4.90 Å². The number of hydrogen-bond donors (Lipinski definition) is 1. The molecule has 1 N–H and O–H groups in total. The topological polar surface area (TPSA) is 82.6 Å². The van der Waals surface area contributed by atoms with Gasteiger partial charge >= 0.3 is 6.03 Å². The first-order valence-electron chi connectivity index (χ1n) is 9.27. The molecule has 140 valence electrons. The Morgan fingerprint density at radius 1 is 1.11 bits per heavy atom. The lowest BCUT2D eigenvalue weighted by molar-refractivity contribution is -0.136. The van der Waals surface area contributed by atoms with Gasteiger partial charge in [-0.3, -0.25) is 14.5 Å². The molecule has 1 aromatic heterocycles. The number of fused-ring (bicyclic) bond motifs is 1. The SMILES string of the molecule is CN1C(=O)N(CC(=O)Nc2ccc3ccccc3n2)C(=O)C12CCCCC2. The third-order valence-corrected chi connectivity index (χ3v) is 5.65. The highest BCUT2D eigenvalue weighted by Crippen LogP contribution is 2.39. The lowest BCUT2D eigenvalue weighted by atomic mass is 9.81. The number of para-hydroxylation sites is 1. The van der Waals surface area contributed by atoms with Gasteiger partial charge in [-0.25, -0.2) is 9.78 Å². The summed E-state index contributed by atoms with van der Waals surface area (Å²) in [6.07, 6.45) is 4.25. The number of benzene rings is 1. The van der Waals surface area contributed by atoms with Gasteiger partial charge in [0, 0.05) is 12.4 Å². The summed E-state index contributed by atoms with van der Waals surface area (Å²) in [5, 5.41) is 3.67. The normalized spacial score (nSPS) is 19.1. The molecule has 7 nitrogen and oxygen atoms in total. The maximum Gasteiger partial charge on any atom is 0.327 e. The number of imide groups is 1. The molecule has 1 saturated heterocycles. The summed E-state index contributed by atoms with van der Waals surface area (Å²) in [5.74, 6) is -0.282.